The van der Waals surface area contributed by atoms with Crippen molar-refractivity contribution in [2.45, 2.75) is 56.6 Å². The number of hydrogen-bond donors (Lipinski definition) is 1. The Morgan fingerprint density at radius 1 is 0.887 bits per heavy atom. The average molecular weight is 975 g/mol. The second-order valence-corrected chi connectivity index (χ2v) is 17.9. The van der Waals surface area contributed by atoms with Gasteiger partial charge in [0.1, 0.15) is 35.9 Å². The monoisotopic (exact) mass is 973 g/mol. The van der Waals surface area contributed by atoms with Crippen LogP contribution in [0.25, 0.3) is 22.2 Å². The van der Waals surface area contributed by atoms with Crippen LogP contribution >= 0.6 is 78.4 Å². The first-order valence-electron chi connectivity index (χ1n) is 19.2. The SMILES string of the molecule is CC.CCn1c(=O)/c(=C2\Sc3cc(Cl)ccc3N2C)s/c1=C\c1scc[n+]1C(C)C=O.CN1/C(=c2\s/c(=C\c3ccncc3)n(CC=O)c2=O)Sc2cccc(F)c21.CO.CP. The second-order valence-electron chi connectivity index (χ2n) is 12.4. The number of nitrogens with zero attached hydrogens (tertiary/aromatic N) is 6. The Morgan fingerprint density at radius 3 is 2.11 bits per heavy atom. The first-order valence-corrected chi connectivity index (χ1v) is 24.8. The maximum Gasteiger partial charge on any atom is 0.272 e. The Bertz CT molecular complexity index is 2880. The van der Waals surface area contributed by atoms with Crippen molar-refractivity contribution in [3.8, 4) is 0 Å². The third-order valence-electron chi connectivity index (χ3n) is 8.92. The highest BCUT2D eigenvalue weighted by Gasteiger charge is 2.28. The molecule has 2 aliphatic rings. The van der Waals surface area contributed by atoms with Gasteiger partial charge in [-0.2, -0.15) is 4.57 Å². The van der Waals surface area contributed by atoms with E-state index in [-0.39, 0.29) is 29.5 Å². The molecule has 2 aliphatic heterocycles. The van der Waals surface area contributed by atoms with Crippen LogP contribution in [0.1, 0.15) is 44.3 Å². The summed E-state index contributed by atoms with van der Waals surface area (Å²) in [5, 5.41) is 12.2. The minimum Gasteiger partial charge on any atom is -0.400 e. The third kappa shape index (κ3) is 10.9. The number of hydrogen-bond acceptors (Lipinski definition) is 13. The van der Waals surface area contributed by atoms with Gasteiger partial charge in [0.2, 0.25) is 6.04 Å². The topological polar surface area (TPSA) is 122 Å². The van der Waals surface area contributed by atoms with Gasteiger partial charge in [-0.1, -0.05) is 73.0 Å². The number of benzene rings is 2. The number of halogens is 2. The standard InChI is InChI=1S/C20H19ClN3O2S3.C19H14FN3O2S2.C2H6.CH4O.CH5P/c1-4-23-17(10-16-24(7-8-27-16)12(2)11-25)29-18(19(23)26)20-22(3)14-6-5-13(21)9-15(14)28-20;1-22-16-13(20)3-2-4-14(16)26-19(22)17-18(25)23(9-10-24)15(27-17)11-12-5-7-21-8-6-12;3*1-2/h5-12H,4H2,1-3H3;2-8,10-11H,9H2,1H3;1-2H3;2H,1H3;2H2,1H3/q+1;;;;/b20-18+;15-11-,19-17+;;;. The van der Waals surface area contributed by atoms with Gasteiger partial charge in [-0.3, -0.25) is 28.5 Å². The zero-order valence-corrected chi connectivity index (χ0v) is 41.4. The summed E-state index contributed by atoms with van der Waals surface area (Å²) in [6.45, 7) is 10.3. The van der Waals surface area contributed by atoms with Crippen molar-refractivity contribution in [2.24, 2.45) is 0 Å². The summed E-state index contributed by atoms with van der Waals surface area (Å²) in [6, 6.07) is 14.1. The van der Waals surface area contributed by atoms with E-state index in [2.05, 4.69) is 14.2 Å². The number of rotatable bonds is 7. The Hall–Kier alpha value is -4.19. The number of pyridine rings is 1. The Labute approximate surface area is 387 Å². The zero-order valence-electron chi connectivity index (χ0n) is 35.4. The number of thioether (sulfide) groups is 2. The molecule has 0 spiro atoms. The van der Waals surface area contributed by atoms with Gasteiger partial charge in [-0.15, -0.1) is 31.9 Å². The summed E-state index contributed by atoms with van der Waals surface area (Å²) >= 11 is 13.4. The predicted octanol–water partition coefficient (Wildman–Crippen LogP) is 5.73. The summed E-state index contributed by atoms with van der Waals surface area (Å²) in [5.74, 6) is -0.328. The Morgan fingerprint density at radius 2 is 1.50 bits per heavy atom. The largest absolute Gasteiger partial charge is 0.400 e. The molecule has 62 heavy (non-hydrogen) atoms. The molecule has 11 nitrogen and oxygen atoms in total. The van der Waals surface area contributed by atoms with Crippen LogP contribution in [0.2, 0.25) is 5.02 Å². The van der Waals surface area contributed by atoms with Crippen molar-refractivity contribution in [3.05, 3.63) is 133 Å². The van der Waals surface area contributed by atoms with Crippen molar-refractivity contribution in [3.63, 3.8) is 0 Å². The number of aldehydes is 2. The molecular weight excluding hydrogens is 926 g/mol. The fraction of sp³-hybridized carbons (Fsp3) is 0.256. The minimum atomic E-state index is -0.328. The third-order valence-corrected chi connectivity index (χ3v) is 14.9. The molecule has 6 heterocycles. The molecule has 19 heteroatoms. The van der Waals surface area contributed by atoms with Crippen LogP contribution in [0.5, 0.6) is 0 Å². The van der Waals surface area contributed by atoms with Crippen LogP contribution < -0.4 is 43.9 Å². The summed E-state index contributed by atoms with van der Waals surface area (Å²) in [7, 11) is 7.13. The maximum atomic E-state index is 14.2. The highest BCUT2D eigenvalue weighted by molar-refractivity contribution is 8.09. The number of aromatic nitrogens is 4. The fourth-order valence-electron chi connectivity index (χ4n) is 6.11. The van der Waals surface area contributed by atoms with E-state index in [0.717, 1.165) is 49.1 Å². The number of thiazole rings is 3. The zero-order chi connectivity index (χ0) is 45.7. The lowest BCUT2D eigenvalue weighted by atomic mass is 10.3. The summed E-state index contributed by atoms with van der Waals surface area (Å²) < 4.78 is 22.1. The highest BCUT2D eigenvalue weighted by atomic mass is 35.5. The van der Waals surface area contributed by atoms with E-state index in [1.807, 2.05) is 111 Å². The first kappa shape index (κ1) is 50.5. The van der Waals surface area contributed by atoms with Crippen LogP contribution in [0.4, 0.5) is 15.8 Å². The summed E-state index contributed by atoms with van der Waals surface area (Å²) in [5.41, 5.74) is 2.14. The van der Waals surface area contributed by atoms with E-state index in [4.69, 9.17) is 16.7 Å². The van der Waals surface area contributed by atoms with E-state index in [1.165, 1.54) is 45.1 Å². The van der Waals surface area contributed by atoms with Crippen LogP contribution in [0.15, 0.2) is 91.9 Å². The smallest absolute Gasteiger partial charge is 0.272 e. The van der Waals surface area contributed by atoms with E-state index < -0.39 is 0 Å². The molecule has 0 amide bonds. The van der Waals surface area contributed by atoms with Gasteiger partial charge < -0.3 is 19.7 Å². The number of aliphatic hydroxyl groups excluding tert-OH is 1. The van der Waals surface area contributed by atoms with Gasteiger partial charge in [0, 0.05) is 61.9 Å². The molecule has 328 valence electrons. The molecule has 8 rings (SSSR count). The number of carbonyl (C=O) groups is 2. The molecule has 0 fully saturated rings. The van der Waals surface area contributed by atoms with Gasteiger partial charge in [0.05, 0.1) is 34.0 Å². The molecule has 0 aliphatic carbocycles. The predicted molar refractivity (Wildman–Crippen MR) is 262 cm³/mol. The van der Waals surface area contributed by atoms with Crippen molar-refractivity contribution in [1.82, 2.24) is 14.1 Å². The average Bonchev–Trinajstić information content (AvgIpc) is 4.11. The van der Waals surface area contributed by atoms with Gasteiger partial charge in [-0.05, 0) is 61.0 Å². The van der Waals surface area contributed by atoms with Gasteiger partial charge in [0.25, 0.3) is 16.1 Å². The number of aliphatic hydroxyl groups is 1. The molecule has 4 aromatic heterocycles. The molecule has 2 atom stereocenters. The molecule has 0 bridgehead atoms. The molecule has 2 unspecified atom stereocenters. The van der Waals surface area contributed by atoms with E-state index in [1.54, 1.807) is 58.1 Å². The Kier molecular flexibility index (Phi) is 19.6. The number of para-hydroxylation sites is 1. The molecule has 0 saturated carbocycles. The molecule has 2 aromatic carbocycles. The lowest BCUT2D eigenvalue weighted by molar-refractivity contribution is -0.701. The fourth-order valence-corrected chi connectivity index (χ4v) is 12.2. The van der Waals surface area contributed by atoms with Gasteiger partial charge in [-0.25, -0.2) is 4.39 Å². The van der Waals surface area contributed by atoms with Crippen molar-refractivity contribution < 1.29 is 23.7 Å². The maximum absolute atomic E-state index is 14.2. The lowest BCUT2D eigenvalue weighted by Gasteiger charge is -2.12. The van der Waals surface area contributed by atoms with Crippen LogP contribution in [0, 0.1) is 5.82 Å². The molecule has 0 saturated heterocycles. The number of anilines is 2. The van der Waals surface area contributed by atoms with Crippen LogP contribution in [-0.2, 0) is 22.7 Å². The van der Waals surface area contributed by atoms with Gasteiger partial charge >= 0.3 is 0 Å². The van der Waals surface area contributed by atoms with Crippen molar-refractivity contribution in [1.29, 1.82) is 0 Å². The van der Waals surface area contributed by atoms with E-state index >= 15 is 0 Å². The normalized spacial score (nSPS) is 15.2. The minimum absolute atomic E-state index is 0.00328. The highest BCUT2D eigenvalue weighted by Crippen LogP contribution is 2.47. The number of carbonyl (C=O) groups excluding carboxylic acids is 2. The van der Waals surface area contributed by atoms with Gasteiger partial charge in [0.15, 0.2) is 12.5 Å². The quantitative estimate of drug-likeness (QED) is 0.121. The molecule has 6 aromatic rings. The summed E-state index contributed by atoms with van der Waals surface area (Å²) in [4.78, 5) is 58.0. The molecular formula is C43H48ClFN6O5PS5+. The van der Waals surface area contributed by atoms with Crippen LogP contribution in [-0.4, -0.2) is 59.7 Å². The van der Waals surface area contributed by atoms with E-state index in [9.17, 15) is 23.6 Å². The molecule has 0 radical (unpaired) electrons. The lowest BCUT2D eigenvalue weighted by Crippen LogP contribution is -2.39. The number of fused-ring (bicyclic) bond motifs is 2. The van der Waals surface area contributed by atoms with E-state index in [0.29, 0.717) is 42.3 Å². The first-order chi connectivity index (χ1) is 30.0. The summed E-state index contributed by atoms with van der Waals surface area (Å²) in [6.07, 6.45) is 10.7. The van der Waals surface area contributed by atoms with Crippen LogP contribution in [0.3, 0.4) is 0 Å². The molecule has 1 N–H and O–H groups in total. The van der Waals surface area contributed by atoms with Crippen molar-refractivity contribution in [2.75, 3.05) is 37.7 Å². The Balaban J connectivity index is 0.000000244. The van der Waals surface area contributed by atoms with Crippen molar-refractivity contribution >= 4 is 125 Å². The second kappa shape index (κ2) is 24.0.